The summed E-state index contributed by atoms with van der Waals surface area (Å²) in [5, 5.41) is 18.9. The number of aliphatic hydroxyl groups is 1. The Kier molecular flexibility index (Phi) is 2.92. The molecule has 0 aliphatic carbocycles. The molecular formula is C12H14N2O2. The van der Waals surface area contributed by atoms with E-state index in [1.165, 1.54) is 0 Å². The molecule has 3 N–H and O–H groups in total. The van der Waals surface area contributed by atoms with Crippen molar-refractivity contribution in [3.05, 3.63) is 47.0 Å². The van der Waals surface area contributed by atoms with E-state index in [-0.39, 0.29) is 12.4 Å². The molecule has 0 saturated carbocycles. The molecule has 0 saturated heterocycles. The Balaban J connectivity index is 2.32. The number of aromatic hydroxyl groups is 1. The van der Waals surface area contributed by atoms with Gasteiger partial charge in [-0.1, -0.05) is 18.2 Å². The molecule has 0 spiro atoms. The second-order valence-corrected chi connectivity index (χ2v) is 3.73. The van der Waals surface area contributed by atoms with Gasteiger partial charge in [-0.25, -0.2) is 4.98 Å². The van der Waals surface area contributed by atoms with Gasteiger partial charge in [-0.3, -0.25) is 0 Å². The van der Waals surface area contributed by atoms with Crippen LogP contribution in [0.4, 0.5) is 0 Å². The van der Waals surface area contributed by atoms with Gasteiger partial charge in [0.15, 0.2) is 0 Å². The van der Waals surface area contributed by atoms with E-state index in [2.05, 4.69) is 9.97 Å². The van der Waals surface area contributed by atoms with Crippen LogP contribution >= 0.6 is 0 Å². The third kappa shape index (κ3) is 1.92. The van der Waals surface area contributed by atoms with Crippen molar-refractivity contribution in [1.82, 2.24) is 9.97 Å². The van der Waals surface area contributed by atoms with Gasteiger partial charge >= 0.3 is 0 Å². The van der Waals surface area contributed by atoms with Gasteiger partial charge < -0.3 is 15.2 Å². The van der Waals surface area contributed by atoms with Crippen LogP contribution in [-0.4, -0.2) is 20.2 Å². The van der Waals surface area contributed by atoms with Crippen LogP contribution in [0.3, 0.4) is 0 Å². The normalized spacial score (nSPS) is 10.6. The van der Waals surface area contributed by atoms with Crippen molar-refractivity contribution in [2.75, 3.05) is 0 Å². The summed E-state index contributed by atoms with van der Waals surface area (Å²) >= 11 is 0. The molecule has 1 aromatic carbocycles. The van der Waals surface area contributed by atoms with Crippen LogP contribution in [0.2, 0.25) is 0 Å². The van der Waals surface area contributed by atoms with E-state index in [0.29, 0.717) is 12.0 Å². The molecule has 0 radical (unpaired) electrons. The minimum Gasteiger partial charge on any atom is -0.507 e. The molecule has 0 atom stereocenters. The summed E-state index contributed by atoms with van der Waals surface area (Å²) in [5.41, 5.74) is 3.23. The van der Waals surface area contributed by atoms with Crippen molar-refractivity contribution in [2.24, 2.45) is 0 Å². The zero-order chi connectivity index (χ0) is 11.5. The Hall–Kier alpha value is -1.81. The summed E-state index contributed by atoms with van der Waals surface area (Å²) in [4.78, 5) is 7.17. The first-order valence-corrected chi connectivity index (χ1v) is 5.11. The predicted octanol–water partition coefficient (Wildman–Crippen LogP) is 1.51. The molecule has 0 aliphatic heterocycles. The molecule has 0 amide bonds. The summed E-state index contributed by atoms with van der Waals surface area (Å²) in [7, 11) is 0. The van der Waals surface area contributed by atoms with Gasteiger partial charge in [-0.2, -0.15) is 0 Å². The smallest absolute Gasteiger partial charge is 0.124 e. The SMILES string of the molecule is Cc1[nH]cnc1Cc1cccc(CO)c1O. The van der Waals surface area contributed by atoms with Crippen LogP contribution in [0.5, 0.6) is 5.75 Å². The molecule has 0 unspecified atom stereocenters. The number of benzene rings is 1. The molecular weight excluding hydrogens is 204 g/mol. The van der Waals surface area contributed by atoms with Crippen LogP contribution in [-0.2, 0) is 13.0 Å². The van der Waals surface area contributed by atoms with Crippen molar-refractivity contribution in [1.29, 1.82) is 0 Å². The Bertz CT molecular complexity index is 492. The molecule has 84 valence electrons. The van der Waals surface area contributed by atoms with E-state index < -0.39 is 0 Å². The van der Waals surface area contributed by atoms with E-state index in [4.69, 9.17) is 5.11 Å². The molecule has 16 heavy (non-hydrogen) atoms. The summed E-state index contributed by atoms with van der Waals surface area (Å²) < 4.78 is 0. The molecule has 4 heteroatoms. The third-order valence-corrected chi connectivity index (χ3v) is 2.67. The molecule has 0 bridgehead atoms. The number of rotatable bonds is 3. The van der Waals surface area contributed by atoms with Crippen LogP contribution in [0, 0.1) is 6.92 Å². The number of aromatic amines is 1. The standard InChI is InChI=1S/C12H14N2O2/c1-8-11(14-7-13-8)5-9-3-2-4-10(6-15)12(9)16/h2-4,7,15-16H,5-6H2,1H3,(H,13,14). The molecule has 0 aliphatic rings. The lowest BCUT2D eigenvalue weighted by atomic mass is 10.0. The van der Waals surface area contributed by atoms with E-state index in [0.717, 1.165) is 17.0 Å². The number of aryl methyl sites for hydroxylation is 1. The van der Waals surface area contributed by atoms with Gasteiger partial charge in [0.25, 0.3) is 0 Å². The minimum atomic E-state index is -0.154. The monoisotopic (exact) mass is 218 g/mol. The average molecular weight is 218 g/mol. The lowest BCUT2D eigenvalue weighted by Gasteiger charge is -2.07. The Morgan fingerprint density at radius 3 is 2.69 bits per heavy atom. The number of nitrogens with one attached hydrogen (secondary N) is 1. The number of aliphatic hydroxyl groups excluding tert-OH is 1. The zero-order valence-corrected chi connectivity index (χ0v) is 9.07. The topological polar surface area (TPSA) is 69.1 Å². The van der Waals surface area contributed by atoms with Gasteiger partial charge in [-0.15, -0.1) is 0 Å². The van der Waals surface area contributed by atoms with Gasteiger partial charge in [-0.05, 0) is 6.92 Å². The fourth-order valence-electron chi connectivity index (χ4n) is 1.66. The summed E-state index contributed by atoms with van der Waals surface area (Å²) in [6.07, 6.45) is 2.20. The number of hydrogen-bond donors (Lipinski definition) is 3. The van der Waals surface area contributed by atoms with E-state index >= 15 is 0 Å². The number of aromatic nitrogens is 2. The van der Waals surface area contributed by atoms with Crippen molar-refractivity contribution in [3.63, 3.8) is 0 Å². The highest BCUT2D eigenvalue weighted by molar-refractivity contribution is 5.42. The first-order chi connectivity index (χ1) is 7.72. The van der Waals surface area contributed by atoms with Crippen molar-refractivity contribution in [2.45, 2.75) is 20.0 Å². The van der Waals surface area contributed by atoms with E-state index in [1.807, 2.05) is 19.1 Å². The lowest BCUT2D eigenvalue weighted by Crippen LogP contribution is -1.94. The quantitative estimate of drug-likeness (QED) is 0.731. The van der Waals surface area contributed by atoms with Crippen molar-refractivity contribution >= 4 is 0 Å². The molecule has 0 fully saturated rings. The fourth-order valence-corrected chi connectivity index (χ4v) is 1.66. The zero-order valence-electron chi connectivity index (χ0n) is 9.07. The largest absolute Gasteiger partial charge is 0.507 e. The Morgan fingerprint density at radius 1 is 1.31 bits per heavy atom. The fraction of sp³-hybridized carbons (Fsp3) is 0.250. The molecule has 2 rings (SSSR count). The third-order valence-electron chi connectivity index (χ3n) is 2.67. The van der Waals surface area contributed by atoms with E-state index in [1.54, 1.807) is 12.4 Å². The predicted molar refractivity (Wildman–Crippen MR) is 60.2 cm³/mol. The minimum absolute atomic E-state index is 0.154. The highest BCUT2D eigenvalue weighted by Gasteiger charge is 2.09. The van der Waals surface area contributed by atoms with Gasteiger partial charge in [0.1, 0.15) is 5.75 Å². The molecule has 4 nitrogen and oxygen atoms in total. The Morgan fingerprint density at radius 2 is 2.06 bits per heavy atom. The summed E-state index contributed by atoms with van der Waals surface area (Å²) in [6, 6.07) is 5.36. The van der Waals surface area contributed by atoms with Gasteiger partial charge in [0.05, 0.1) is 18.6 Å². The van der Waals surface area contributed by atoms with Crippen LogP contribution in [0.1, 0.15) is 22.5 Å². The number of nitrogens with zero attached hydrogens (tertiary/aromatic N) is 1. The lowest BCUT2D eigenvalue weighted by molar-refractivity contribution is 0.275. The second-order valence-electron chi connectivity index (χ2n) is 3.73. The molecule has 1 aromatic heterocycles. The molecule has 2 aromatic rings. The first-order valence-electron chi connectivity index (χ1n) is 5.11. The Labute approximate surface area is 93.6 Å². The number of H-pyrrole nitrogens is 1. The van der Waals surface area contributed by atoms with E-state index in [9.17, 15) is 5.11 Å². The highest BCUT2D eigenvalue weighted by atomic mass is 16.3. The number of para-hydroxylation sites is 1. The van der Waals surface area contributed by atoms with Crippen LogP contribution in [0.25, 0.3) is 0 Å². The maximum absolute atomic E-state index is 9.88. The summed E-state index contributed by atoms with van der Waals surface area (Å²) in [6.45, 7) is 1.79. The first kappa shape index (κ1) is 10.7. The highest BCUT2D eigenvalue weighted by Crippen LogP contribution is 2.24. The molecule has 1 heterocycles. The van der Waals surface area contributed by atoms with Gasteiger partial charge in [0, 0.05) is 23.2 Å². The maximum Gasteiger partial charge on any atom is 0.124 e. The van der Waals surface area contributed by atoms with Crippen molar-refractivity contribution in [3.8, 4) is 5.75 Å². The van der Waals surface area contributed by atoms with Crippen LogP contribution < -0.4 is 0 Å². The van der Waals surface area contributed by atoms with Crippen LogP contribution in [0.15, 0.2) is 24.5 Å². The van der Waals surface area contributed by atoms with Crippen molar-refractivity contribution < 1.29 is 10.2 Å². The maximum atomic E-state index is 9.88. The second kappa shape index (κ2) is 4.37. The average Bonchev–Trinajstić information content (AvgIpc) is 2.68. The number of hydrogen-bond acceptors (Lipinski definition) is 3. The number of imidazole rings is 1. The summed E-state index contributed by atoms with van der Waals surface area (Å²) in [5.74, 6) is 0.160. The van der Waals surface area contributed by atoms with Gasteiger partial charge in [0.2, 0.25) is 0 Å². The number of phenols is 1.